The molecule has 2 heterocycles. The van der Waals surface area contributed by atoms with Crippen LogP contribution in [0.25, 0.3) is 0 Å². The zero-order chi connectivity index (χ0) is 14.8. The van der Waals surface area contributed by atoms with E-state index in [0.29, 0.717) is 22.9 Å². The van der Waals surface area contributed by atoms with Gasteiger partial charge < -0.3 is 15.5 Å². The molecule has 0 fully saturated rings. The van der Waals surface area contributed by atoms with Gasteiger partial charge in [0.2, 0.25) is 0 Å². The molecule has 20 heavy (non-hydrogen) atoms. The zero-order valence-electron chi connectivity index (χ0n) is 11.3. The second kappa shape index (κ2) is 5.78. The van der Waals surface area contributed by atoms with Crippen LogP contribution >= 0.6 is 11.6 Å². The molecule has 0 unspecified atom stereocenters. The van der Waals surface area contributed by atoms with Crippen LogP contribution in [-0.2, 0) is 12.1 Å². The first-order chi connectivity index (χ1) is 9.40. The van der Waals surface area contributed by atoms with Crippen molar-refractivity contribution >= 4 is 23.0 Å². The lowest BCUT2D eigenvalue weighted by atomic mass is 10.0. The molecule has 0 atom stereocenters. The SMILES string of the molecule is CC(C)(O)c1ncc(Nc2cnn(CCO)c2)cc1Cl. The fourth-order valence-corrected chi connectivity index (χ4v) is 2.17. The van der Waals surface area contributed by atoms with Gasteiger partial charge >= 0.3 is 0 Å². The first-order valence-electron chi connectivity index (χ1n) is 6.19. The van der Waals surface area contributed by atoms with Crippen molar-refractivity contribution in [2.75, 3.05) is 11.9 Å². The lowest BCUT2D eigenvalue weighted by Gasteiger charge is -2.18. The number of nitrogens with one attached hydrogen (secondary N) is 1. The molecule has 0 bridgehead atoms. The molecule has 0 saturated heterocycles. The summed E-state index contributed by atoms with van der Waals surface area (Å²) in [6.07, 6.45) is 5.02. The Kier molecular flexibility index (Phi) is 4.27. The molecule has 2 aromatic rings. The Bertz CT molecular complexity index is 592. The maximum Gasteiger partial charge on any atom is 0.102 e. The largest absolute Gasteiger partial charge is 0.394 e. The second-order valence-corrected chi connectivity index (χ2v) is 5.36. The molecule has 0 radical (unpaired) electrons. The van der Waals surface area contributed by atoms with Gasteiger partial charge in [-0.2, -0.15) is 5.10 Å². The smallest absolute Gasteiger partial charge is 0.102 e. The van der Waals surface area contributed by atoms with Crippen LogP contribution in [0.5, 0.6) is 0 Å². The number of pyridine rings is 1. The summed E-state index contributed by atoms with van der Waals surface area (Å²) in [4.78, 5) is 4.18. The van der Waals surface area contributed by atoms with Crippen molar-refractivity contribution in [2.45, 2.75) is 26.0 Å². The summed E-state index contributed by atoms with van der Waals surface area (Å²) >= 11 is 6.12. The average molecular weight is 297 g/mol. The van der Waals surface area contributed by atoms with E-state index >= 15 is 0 Å². The van der Waals surface area contributed by atoms with Gasteiger partial charge in [0.05, 0.1) is 47.6 Å². The molecule has 0 aliphatic heterocycles. The van der Waals surface area contributed by atoms with Crippen molar-refractivity contribution in [2.24, 2.45) is 0 Å². The van der Waals surface area contributed by atoms with Gasteiger partial charge in [-0.15, -0.1) is 0 Å². The van der Waals surface area contributed by atoms with Gasteiger partial charge in [0, 0.05) is 6.20 Å². The van der Waals surface area contributed by atoms with Crippen LogP contribution in [0.1, 0.15) is 19.5 Å². The van der Waals surface area contributed by atoms with Crippen LogP contribution in [0.15, 0.2) is 24.7 Å². The minimum atomic E-state index is -1.08. The second-order valence-electron chi connectivity index (χ2n) is 4.95. The Hall–Kier alpha value is -1.63. The van der Waals surface area contributed by atoms with Crippen LogP contribution in [-0.4, -0.2) is 31.6 Å². The molecule has 0 aromatic carbocycles. The van der Waals surface area contributed by atoms with Gasteiger partial charge in [0.15, 0.2) is 0 Å². The Morgan fingerprint density at radius 1 is 1.35 bits per heavy atom. The summed E-state index contributed by atoms with van der Waals surface area (Å²) in [5.41, 5.74) is 0.821. The number of anilines is 2. The van der Waals surface area contributed by atoms with Crippen LogP contribution in [0.3, 0.4) is 0 Å². The molecule has 0 spiro atoms. The number of nitrogens with zero attached hydrogens (tertiary/aromatic N) is 3. The van der Waals surface area contributed by atoms with Gasteiger partial charge in [0.1, 0.15) is 5.60 Å². The summed E-state index contributed by atoms with van der Waals surface area (Å²) in [7, 11) is 0. The predicted octanol–water partition coefficient (Wildman–Crippen LogP) is 1.89. The highest BCUT2D eigenvalue weighted by atomic mass is 35.5. The standard InChI is InChI=1S/C13H17ClN4O2/c1-13(2,20)12-11(14)5-9(6-15-12)17-10-7-16-18(8-10)3-4-19/h5-8,17,19-20H,3-4H2,1-2H3. The molecular weight excluding hydrogens is 280 g/mol. The monoisotopic (exact) mass is 296 g/mol. The summed E-state index contributed by atoms with van der Waals surface area (Å²) < 4.78 is 1.63. The van der Waals surface area contributed by atoms with E-state index in [-0.39, 0.29) is 6.61 Å². The number of rotatable bonds is 5. The number of aliphatic hydroxyl groups is 2. The number of hydrogen-bond donors (Lipinski definition) is 3. The molecular formula is C13H17ClN4O2. The van der Waals surface area contributed by atoms with Crippen LogP contribution in [0.2, 0.25) is 5.02 Å². The Morgan fingerprint density at radius 2 is 2.10 bits per heavy atom. The van der Waals surface area contributed by atoms with Crippen molar-refractivity contribution in [1.82, 2.24) is 14.8 Å². The zero-order valence-corrected chi connectivity index (χ0v) is 12.1. The number of aromatic nitrogens is 3. The molecule has 0 aliphatic rings. The normalized spacial score (nSPS) is 11.7. The van der Waals surface area contributed by atoms with Crippen LogP contribution in [0, 0.1) is 0 Å². The maximum atomic E-state index is 9.91. The van der Waals surface area contributed by atoms with E-state index in [1.807, 2.05) is 0 Å². The number of aliphatic hydroxyl groups excluding tert-OH is 1. The van der Waals surface area contributed by atoms with E-state index < -0.39 is 5.60 Å². The lowest BCUT2D eigenvalue weighted by Crippen LogP contribution is -2.18. The van der Waals surface area contributed by atoms with E-state index in [2.05, 4.69) is 15.4 Å². The highest BCUT2D eigenvalue weighted by Gasteiger charge is 2.21. The summed E-state index contributed by atoms with van der Waals surface area (Å²) in [5, 5.41) is 26.3. The van der Waals surface area contributed by atoms with E-state index in [0.717, 1.165) is 5.69 Å². The first kappa shape index (κ1) is 14.8. The predicted molar refractivity (Wildman–Crippen MR) is 77.1 cm³/mol. The van der Waals surface area contributed by atoms with Crippen LogP contribution < -0.4 is 5.32 Å². The Morgan fingerprint density at radius 3 is 2.70 bits per heavy atom. The molecule has 0 amide bonds. The first-order valence-corrected chi connectivity index (χ1v) is 6.56. The lowest BCUT2D eigenvalue weighted by molar-refractivity contribution is 0.0740. The van der Waals surface area contributed by atoms with E-state index in [1.54, 1.807) is 43.2 Å². The van der Waals surface area contributed by atoms with Gasteiger partial charge in [-0.05, 0) is 19.9 Å². The molecule has 2 aromatic heterocycles. The molecule has 0 aliphatic carbocycles. The van der Waals surface area contributed by atoms with Gasteiger partial charge in [0.25, 0.3) is 0 Å². The quantitative estimate of drug-likeness (QED) is 0.785. The highest BCUT2D eigenvalue weighted by Crippen LogP contribution is 2.28. The highest BCUT2D eigenvalue weighted by molar-refractivity contribution is 6.31. The van der Waals surface area contributed by atoms with Crippen molar-refractivity contribution in [3.8, 4) is 0 Å². The summed E-state index contributed by atoms with van der Waals surface area (Å²) in [6.45, 7) is 3.74. The van der Waals surface area contributed by atoms with Crippen molar-refractivity contribution < 1.29 is 10.2 Å². The van der Waals surface area contributed by atoms with E-state index in [4.69, 9.17) is 16.7 Å². The molecule has 3 N–H and O–H groups in total. The molecule has 6 nitrogen and oxygen atoms in total. The molecule has 108 valence electrons. The fraction of sp³-hybridized carbons (Fsp3) is 0.385. The van der Waals surface area contributed by atoms with Crippen molar-refractivity contribution in [3.05, 3.63) is 35.4 Å². The third-order valence-corrected chi connectivity index (χ3v) is 2.96. The van der Waals surface area contributed by atoms with Crippen molar-refractivity contribution in [3.63, 3.8) is 0 Å². The minimum Gasteiger partial charge on any atom is -0.394 e. The Labute approximate surface area is 122 Å². The topological polar surface area (TPSA) is 83.2 Å². The third kappa shape index (κ3) is 3.47. The maximum absolute atomic E-state index is 9.91. The van der Waals surface area contributed by atoms with Gasteiger partial charge in [-0.25, -0.2) is 0 Å². The molecule has 0 saturated carbocycles. The van der Waals surface area contributed by atoms with E-state index in [9.17, 15) is 5.11 Å². The number of halogens is 1. The molecule has 2 rings (SSSR count). The third-order valence-electron chi connectivity index (χ3n) is 2.67. The Balaban J connectivity index is 2.15. The van der Waals surface area contributed by atoms with Crippen LogP contribution in [0.4, 0.5) is 11.4 Å². The minimum absolute atomic E-state index is 0.0365. The molecule has 7 heteroatoms. The van der Waals surface area contributed by atoms with E-state index in [1.165, 1.54) is 0 Å². The summed E-state index contributed by atoms with van der Waals surface area (Å²) in [6, 6.07) is 1.70. The average Bonchev–Trinajstić information content (AvgIpc) is 2.75. The fourth-order valence-electron chi connectivity index (χ4n) is 1.78. The van der Waals surface area contributed by atoms with Gasteiger partial charge in [-0.3, -0.25) is 9.67 Å². The van der Waals surface area contributed by atoms with Crippen molar-refractivity contribution in [1.29, 1.82) is 0 Å². The number of hydrogen-bond acceptors (Lipinski definition) is 5. The van der Waals surface area contributed by atoms with Gasteiger partial charge in [-0.1, -0.05) is 11.6 Å². The summed E-state index contributed by atoms with van der Waals surface area (Å²) in [5.74, 6) is 0.